The van der Waals surface area contributed by atoms with E-state index >= 15 is 0 Å². The number of carbonyl (C=O) groups excluding carboxylic acids is 1. The average molecular weight is 316 g/mol. The van der Waals surface area contributed by atoms with Crippen molar-refractivity contribution < 1.29 is 4.79 Å². The molecule has 0 unspecified atom stereocenters. The van der Waals surface area contributed by atoms with Crippen LogP contribution in [-0.2, 0) is 0 Å². The van der Waals surface area contributed by atoms with Gasteiger partial charge >= 0.3 is 0 Å². The summed E-state index contributed by atoms with van der Waals surface area (Å²) in [5.74, 6) is 0.739. The quantitative estimate of drug-likeness (QED) is 0.905. The second-order valence-electron chi connectivity index (χ2n) is 5.73. The van der Waals surface area contributed by atoms with Crippen LogP contribution in [0.25, 0.3) is 0 Å². The third-order valence-corrected chi connectivity index (χ3v) is 4.92. The van der Waals surface area contributed by atoms with Crippen LogP contribution in [0.15, 0.2) is 18.3 Å². The minimum absolute atomic E-state index is 0.00727. The summed E-state index contributed by atoms with van der Waals surface area (Å²) in [6.07, 6.45) is 6.34. The predicted molar refractivity (Wildman–Crippen MR) is 88.8 cm³/mol. The van der Waals surface area contributed by atoms with Gasteiger partial charge < -0.3 is 10.6 Å². The van der Waals surface area contributed by atoms with Crippen LogP contribution < -0.4 is 10.6 Å². The van der Waals surface area contributed by atoms with Crippen LogP contribution in [0.5, 0.6) is 0 Å². The fourth-order valence-corrected chi connectivity index (χ4v) is 3.57. The highest BCUT2D eigenvalue weighted by Gasteiger charge is 2.21. The Kier molecular flexibility index (Phi) is 4.38. The summed E-state index contributed by atoms with van der Waals surface area (Å²) in [5, 5.41) is 6.98. The molecule has 2 N–H and O–H groups in total. The van der Waals surface area contributed by atoms with Crippen molar-refractivity contribution in [1.29, 1.82) is 0 Å². The van der Waals surface area contributed by atoms with E-state index in [4.69, 9.17) is 0 Å². The second-order valence-corrected chi connectivity index (χ2v) is 6.73. The summed E-state index contributed by atoms with van der Waals surface area (Å²) < 4.78 is 0. The summed E-state index contributed by atoms with van der Waals surface area (Å²) >= 11 is 1.38. The van der Waals surface area contributed by atoms with Crippen molar-refractivity contribution >= 4 is 28.2 Å². The number of nitrogens with one attached hydrogen (secondary N) is 2. The fraction of sp³-hybridized carbons (Fsp3) is 0.438. The topological polar surface area (TPSA) is 66.9 Å². The van der Waals surface area contributed by atoms with Crippen LogP contribution in [0.2, 0.25) is 0 Å². The first kappa shape index (κ1) is 15.0. The summed E-state index contributed by atoms with van der Waals surface area (Å²) in [6.45, 7) is 3.88. The molecule has 0 radical (unpaired) electrons. The van der Waals surface area contributed by atoms with E-state index in [1.165, 1.54) is 24.2 Å². The van der Waals surface area contributed by atoms with E-state index in [1.807, 2.05) is 26.0 Å². The lowest BCUT2D eigenvalue weighted by Gasteiger charge is -2.10. The molecule has 0 spiro atoms. The van der Waals surface area contributed by atoms with Crippen LogP contribution in [0.1, 0.15) is 46.6 Å². The molecular weight excluding hydrogens is 296 g/mol. The Hall–Kier alpha value is -1.95. The van der Waals surface area contributed by atoms with Gasteiger partial charge in [0.15, 0.2) is 5.13 Å². The van der Waals surface area contributed by atoms with E-state index in [2.05, 4.69) is 20.6 Å². The van der Waals surface area contributed by atoms with Crippen molar-refractivity contribution in [2.75, 3.05) is 5.32 Å². The number of hydrogen-bond acceptors (Lipinski definition) is 5. The molecule has 116 valence electrons. The molecule has 2 aromatic rings. The summed E-state index contributed by atoms with van der Waals surface area (Å²) in [4.78, 5) is 21.7. The summed E-state index contributed by atoms with van der Waals surface area (Å²) in [5.41, 5.74) is 1.89. The molecule has 0 saturated heterocycles. The number of hydrogen-bond donors (Lipinski definition) is 2. The van der Waals surface area contributed by atoms with E-state index < -0.39 is 0 Å². The molecule has 3 rings (SSSR count). The maximum atomic E-state index is 12.4. The Labute approximate surface area is 134 Å². The van der Waals surface area contributed by atoms with E-state index in [1.54, 1.807) is 6.20 Å². The van der Waals surface area contributed by atoms with E-state index in [9.17, 15) is 4.79 Å². The van der Waals surface area contributed by atoms with Gasteiger partial charge in [-0.15, -0.1) is 0 Å². The van der Waals surface area contributed by atoms with Gasteiger partial charge in [-0.3, -0.25) is 4.79 Å². The maximum Gasteiger partial charge on any atom is 0.263 e. The van der Waals surface area contributed by atoms with E-state index in [-0.39, 0.29) is 5.91 Å². The smallest absolute Gasteiger partial charge is 0.263 e. The fourth-order valence-electron chi connectivity index (χ4n) is 2.70. The molecule has 2 aromatic heterocycles. The van der Waals surface area contributed by atoms with Crippen molar-refractivity contribution in [2.24, 2.45) is 0 Å². The van der Waals surface area contributed by atoms with Crippen LogP contribution in [0, 0.1) is 13.8 Å². The van der Waals surface area contributed by atoms with Gasteiger partial charge in [0.25, 0.3) is 5.91 Å². The number of rotatable bonds is 4. The number of amides is 1. The van der Waals surface area contributed by atoms with Crippen LogP contribution in [0.3, 0.4) is 0 Å². The van der Waals surface area contributed by atoms with Gasteiger partial charge in [0.05, 0.1) is 5.69 Å². The SMILES string of the molecule is Cc1ccnc(Nc2nc(C)c(C(=O)NC3CCCC3)s2)c1. The molecule has 1 aliphatic carbocycles. The first-order valence-electron chi connectivity index (χ1n) is 7.60. The largest absolute Gasteiger partial charge is 0.349 e. The van der Waals surface area contributed by atoms with Gasteiger partial charge in [0, 0.05) is 12.2 Å². The number of pyridine rings is 1. The highest BCUT2D eigenvalue weighted by molar-refractivity contribution is 7.17. The van der Waals surface area contributed by atoms with Gasteiger partial charge in [0.2, 0.25) is 0 Å². The molecule has 2 heterocycles. The number of anilines is 2. The molecule has 1 amide bonds. The van der Waals surface area contributed by atoms with Crippen LogP contribution in [-0.4, -0.2) is 21.9 Å². The normalized spacial score (nSPS) is 15.0. The highest BCUT2D eigenvalue weighted by atomic mass is 32.1. The van der Waals surface area contributed by atoms with Crippen LogP contribution in [0.4, 0.5) is 10.9 Å². The Morgan fingerprint density at radius 2 is 2.09 bits per heavy atom. The lowest BCUT2D eigenvalue weighted by Crippen LogP contribution is -2.32. The van der Waals surface area contributed by atoms with E-state index in [0.29, 0.717) is 16.1 Å². The molecule has 5 nitrogen and oxygen atoms in total. The molecule has 6 heteroatoms. The highest BCUT2D eigenvalue weighted by Crippen LogP contribution is 2.26. The van der Waals surface area contributed by atoms with Gasteiger partial charge in [0.1, 0.15) is 10.7 Å². The zero-order valence-corrected chi connectivity index (χ0v) is 13.7. The molecule has 0 bridgehead atoms. The second kappa shape index (κ2) is 6.44. The van der Waals surface area contributed by atoms with Crippen molar-refractivity contribution in [3.63, 3.8) is 0 Å². The number of aryl methyl sites for hydroxylation is 2. The molecular formula is C16H20N4OS. The summed E-state index contributed by atoms with van der Waals surface area (Å²) in [7, 11) is 0. The van der Waals surface area contributed by atoms with Crippen molar-refractivity contribution in [1.82, 2.24) is 15.3 Å². The molecule has 0 aliphatic heterocycles. The van der Waals surface area contributed by atoms with Gasteiger partial charge in [-0.25, -0.2) is 9.97 Å². The minimum atomic E-state index is -0.00727. The first-order valence-corrected chi connectivity index (χ1v) is 8.41. The molecule has 22 heavy (non-hydrogen) atoms. The third kappa shape index (κ3) is 3.44. The van der Waals surface area contributed by atoms with E-state index in [0.717, 1.165) is 29.9 Å². The lowest BCUT2D eigenvalue weighted by molar-refractivity contribution is 0.0941. The van der Waals surface area contributed by atoms with Gasteiger partial charge in [-0.05, 0) is 44.4 Å². The summed E-state index contributed by atoms with van der Waals surface area (Å²) in [6, 6.07) is 4.22. The molecule has 0 atom stereocenters. The zero-order valence-electron chi connectivity index (χ0n) is 12.8. The van der Waals surface area contributed by atoms with Gasteiger partial charge in [-0.2, -0.15) is 0 Å². The number of aromatic nitrogens is 2. The molecule has 1 aliphatic rings. The third-order valence-electron chi connectivity index (χ3n) is 3.84. The average Bonchev–Trinajstić information content (AvgIpc) is 3.08. The monoisotopic (exact) mass is 316 g/mol. The van der Waals surface area contributed by atoms with Crippen molar-refractivity contribution in [2.45, 2.75) is 45.6 Å². The number of carbonyl (C=O) groups is 1. The zero-order chi connectivity index (χ0) is 15.5. The first-order chi connectivity index (χ1) is 10.6. The Morgan fingerprint density at radius 1 is 1.32 bits per heavy atom. The van der Waals surface area contributed by atoms with Crippen molar-refractivity contribution in [3.05, 3.63) is 34.5 Å². The molecule has 1 saturated carbocycles. The lowest BCUT2D eigenvalue weighted by atomic mass is 10.2. The Balaban J connectivity index is 1.71. The van der Waals surface area contributed by atoms with Crippen molar-refractivity contribution in [3.8, 4) is 0 Å². The number of thiazole rings is 1. The molecule has 0 aromatic carbocycles. The predicted octanol–water partition coefficient (Wildman–Crippen LogP) is 3.57. The van der Waals surface area contributed by atoms with Gasteiger partial charge in [-0.1, -0.05) is 24.2 Å². The maximum absolute atomic E-state index is 12.4. The molecule has 1 fully saturated rings. The Bertz CT molecular complexity index is 677. The number of nitrogens with zero attached hydrogens (tertiary/aromatic N) is 2. The van der Waals surface area contributed by atoms with Crippen LogP contribution >= 0.6 is 11.3 Å². The Morgan fingerprint density at radius 3 is 2.82 bits per heavy atom. The minimum Gasteiger partial charge on any atom is -0.349 e. The standard InChI is InChI=1S/C16H20N4OS/c1-10-7-8-17-13(9-10)20-16-18-11(2)14(22-16)15(21)19-12-5-3-4-6-12/h7-9,12H,3-6H2,1-2H3,(H,19,21)(H,17,18,20).